The molecule has 2 aliphatic heterocycles. The number of hydrogen-bond acceptors (Lipinski definition) is 6. The van der Waals surface area contributed by atoms with Crippen LogP contribution in [0.1, 0.15) is 31.7 Å². The minimum Gasteiger partial charge on any atom is -0.310 e. The van der Waals surface area contributed by atoms with Crippen molar-refractivity contribution >= 4 is 34.5 Å². The van der Waals surface area contributed by atoms with Crippen LogP contribution in [0.4, 0.5) is 38.0 Å². The molecule has 3 aliphatic rings. The van der Waals surface area contributed by atoms with Crippen LogP contribution in [0.25, 0.3) is 22.6 Å². The monoisotopic (exact) mass is 511 g/mol. The first kappa shape index (κ1) is 22.7. The molecule has 15 heteroatoms. The summed E-state index contributed by atoms with van der Waals surface area (Å²) < 4.78 is 79.8. The molecule has 2 amide bonds. The van der Waals surface area contributed by atoms with Gasteiger partial charge in [-0.15, -0.1) is 0 Å². The molecule has 1 atom stereocenters. The minimum absolute atomic E-state index is 0.0361. The van der Waals surface area contributed by atoms with E-state index in [0.717, 1.165) is 16.9 Å². The van der Waals surface area contributed by atoms with E-state index in [9.17, 15) is 35.9 Å². The molecule has 5 heterocycles. The van der Waals surface area contributed by atoms with Gasteiger partial charge in [-0.2, -0.15) is 27.1 Å². The van der Waals surface area contributed by atoms with Crippen LogP contribution in [0.15, 0.2) is 12.3 Å². The summed E-state index contributed by atoms with van der Waals surface area (Å²) in [5.41, 5.74) is -2.06. The Kier molecular flexibility index (Phi) is 4.22. The Morgan fingerprint density at radius 2 is 1.69 bits per heavy atom. The lowest BCUT2D eigenvalue weighted by atomic mass is 9.68. The van der Waals surface area contributed by atoms with Gasteiger partial charge in [-0.25, -0.2) is 24.0 Å². The lowest BCUT2D eigenvalue weighted by Gasteiger charge is -2.36. The van der Waals surface area contributed by atoms with Crippen LogP contribution in [0.2, 0.25) is 0 Å². The number of halogens is 6. The predicted octanol–water partition coefficient (Wildman–Crippen LogP) is 3.56. The van der Waals surface area contributed by atoms with E-state index in [2.05, 4.69) is 30.7 Å². The molecule has 1 unspecified atom stereocenters. The molecule has 1 fully saturated rings. The maximum atomic E-state index is 14.0. The molecule has 0 aromatic carbocycles. The maximum Gasteiger partial charge on any atom is 0.453 e. The first-order valence-corrected chi connectivity index (χ1v) is 10.8. The highest BCUT2D eigenvalue weighted by atomic mass is 19.4. The van der Waals surface area contributed by atoms with E-state index in [1.54, 1.807) is 6.92 Å². The zero-order valence-corrected chi connectivity index (χ0v) is 18.3. The molecular weight excluding hydrogens is 496 g/mol. The Balaban J connectivity index is 1.47. The molecule has 6 rings (SSSR count). The molecule has 2 N–H and O–H groups in total. The van der Waals surface area contributed by atoms with Gasteiger partial charge in [-0.3, -0.25) is 9.59 Å². The highest BCUT2D eigenvalue weighted by Gasteiger charge is 2.71. The minimum atomic E-state index is -5.76. The number of carbonyl (C=O) groups is 2. The molecule has 1 saturated carbocycles. The summed E-state index contributed by atoms with van der Waals surface area (Å²) in [6.45, 7) is 0.740. The lowest BCUT2D eigenvalue weighted by Crippen LogP contribution is -2.50. The smallest absolute Gasteiger partial charge is 0.310 e. The Morgan fingerprint density at radius 1 is 1.06 bits per heavy atom. The molecule has 0 saturated heterocycles. The van der Waals surface area contributed by atoms with Gasteiger partial charge in [0.1, 0.15) is 23.1 Å². The predicted molar refractivity (Wildman–Crippen MR) is 110 cm³/mol. The van der Waals surface area contributed by atoms with Crippen molar-refractivity contribution in [2.45, 2.75) is 50.2 Å². The van der Waals surface area contributed by atoms with Gasteiger partial charge in [-0.1, -0.05) is 0 Å². The number of nitrogens with one attached hydrogen (secondary N) is 2. The second-order valence-electron chi connectivity index (χ2n) is 9.28. The summed E-state index contributed by atoms with van der Waals surface area (Å²) in [7, 11) is 0. The number of nitrogens with zero attached hydrogens (tertiary/aromatic N) is 5. The first-order valence-electron chi connectivity index (χ1n) is 10.8. The normalized spacial score (nSPS) is 22.1. The third-order valence-electron chi connectivity index (χ3n) is 7.29. The maximum absolute atomic E-state index is 14.0. The van der Waals surface area contributed by atoms with Gasteiger partial charge in [0.05, 0.1) is 28.0 Å². The number of hydrogen-bond donors (Lipinski definition) is 2. The van der Waals surface area contributed by atoms with E-state index >= 15 is 0 Å². The SMILES string of the molecule is CC12C(=O)Nc3nc(-c4nn(CCC(F)(F)C(F)(F)F)c5ncc(F)cc45)nc(c31)NC(=O)C21CC1. The topological polar surface area (TPSA) is 115 Å². The summed E-state index contributed by atoms with van der Waals surface area (Å²) in [6, 6.07) is 0.964. The van der Waals surface area contributed by atoms with Gasteiger partial charge in [-0.05, 0) is 25.8 Å². The van der Waals surface area contributed by atoms with Gasteiger partial charge < -0.3 is 10.6 Å². The highest BCUT2D eigenvalue weighted by molar-refractivity contribution is 6.16. The number of rotatable bonds is 4. The zero-order valence-electron chi connectivity index (χ0n) is 18.3. The van der Waals surface area contributed by atoms with Gasteiger partial charge in [0.15, 0.2) is 11.5 Å². The molecule has 3 aromatic rings. The molecule has 188 valence electrons. The molecule has 3 aromatic heterocycles. The quantitative estimate of drug-likeness (QED) is 0.518. The number of fused-ring (bicyclic) bond motifs is 2. The second-order valence-corrected chi connectivity index (χ2v) is 9.28. The molecule has 1 spiro atoms. The fraction of sp³-hybridized carbons (Fsp3) is 0.429. The fourth-order valence-electron chi connectivity index (χ4n) is 5.07. The van der Waals surface area contributed by atoms with E-state index in [0.29, 0.717) is 18.4 Å². The first-order chi connectivity index (χ1) is 16.8. The summed E-state index contributed by atoms with van der Waals surface area (Å²) in [4.78, 5) is 38.2. The molecule has 36 heavy (non-hydrogen) atoms. The number of carbonyl (C=O) groups excluding carboxylic acids is 2. The highest BCUT2D eigenvalue weighted by Crippen LogP contribution is 2.66. The van der Waals surface area contributed by atoms with E-state index in [1.165, 1.54) is 0 Å². The van der Waals surface area contributed by atoms with Gasteiger partial charge in [0, 0.05) is 13.0 Å². The van der Waals surface area contributed by atoms with Crippen LogP contribution in [-0.2, 0) is 21.5 Å². The van der Waals surface area contributed by atoms with Crippen LogP contribution in [-0.4, -0.2) is 48.6 Å². The molecular formula is C21H15F6N7O2. The third-order valence-corrected chi connectivity index (χ3v) is 7.29. The number of amides is 2. The number of aryl methyl sites for hydroxylation is 1. The summed E-state index contributed by atoms with van der Waals surface area (Å²) in [5.74, 6) is -6.70. The molecule has 0 radical (unpaired) electrons. The molecule has 0 bridgehead atoms. The van der Waals surface area contributed by atoms with Crippen molar-refractivity contribution < 1.29 is 35.9 Å². The summed E-state index contributed by atoms with van der Waals surface area (Å²) in [5, 5.41) is 9.33. The Labute approximate surface area is 197 Å². The Morgan fingerprint density at radius 3 is 2.31 bits per heavy atom. The zero-order chi connectivity index (χ0) is 25.8. The molecule has 9 nitrogen and oxygen atoms in total. The van der Waals surface area contributed by atoms with Crippen LogP contribution >= 0.6 is 0 Å². The van der Waals surface area contributed by atoms with Crippen molar-refractivity contribution in [2.75, 3.05) is 10.6 Å². The van der Waals surface area contributed by atoms with Crippen molar-refractivity contribution in [1.82, 2.24) is 24.7 Å². The van der Waals surface area contributed by atoms with Crippen LogP contribution in [0, 0.1) is 11.2 Å². The average molecular weight is 511 g/mol. The van der Waals surface area contributed by atoms with Crippen molar-refractivity contribution in [3.63, 3.8) is 0 Å². The second kappa shape index (κ2) is 6.70. The Bertz CT molecular complexity index is 1500. The number of alkyl halides is 5. The standard InChI is InChI=1S/C21H15F6N7O2/c1-18-10-12(31-16(18)35)29-14(30-13(10)32-17(36)19(18)2-3-19)11-9-6-8(22)7-28-15(9)34(33-11)5-4-20(23,24)21(25,26)27/h6-7H,2-5H2,1H3,(H2,29,30,31,32,35,36). The lowest BCUT2D eigenvalue weighted by molar-refractivity contribution is -0.285. The summed E-state index contributed by atoms with van der Waals surface area (Å²) >= 11 is 0. The number of anilines is 2. The summed E-state index contributed by atoms with van der Waals surface area (Å²) in [6.07, 6.45) is -5.61. The van der Waals surface area contributed by atoms with Crippen molar-refractivity contribution in [2.24, 2.45) is 5.41 Å². The van der Waals surface area contributed by atoms with Gasteiger partial charge in [0.25, 0.3) is 0 Å². The van der Waals surface area contributed by atoms with Crippen LogP contribution in [0.3, 0.4) is 0 Å². The molecule has 1 aliphatic carbocycles. The van der Waals surface area contributed by atoms with Crippen LogP contribution in [0.5, 0.6) is 0 Å². The number of aromatic nitrogens is 5. The third kappa shape index (κ3) is 2.79. The van der Waals surface area contributed by atoms with E-state index < -0.39 is 47.6 Å². The van der Waals surface area contributed by atoms with E-state index in [1.807, 2.05) is 0 Å². The van der Waals surface area contributed by atoms with Crippen molar-refractivity contribution in [3.8, 4) is 11.5 Å². The van der Waals surface area contributed by atoms with E-state index in [-0.39, 0.29) is 40.1 Å². The van der Waals surface area contributed by atoms with Crippen molar-refractivity contribution in [3.05, 3.63) is 23.6 Å². The number of pyridine rings is 1. The van der Waals surface area contributed by atoms with Crippen molar-refractivity contribution in [1.29, 1.82) is 0 Å². The van der Waals surface area contributed by atoms with Crippen LogP contribution < -0.4 is 10.6 Å². The largest absolute Gasteiger partial charge is 0.453 e. The van der Waals surface area contributed by atoms with Gasteiger partial charge in [0.2, 0.25) is 11.8 Å². The van der Waals surface area contributed by atoms with Gasteiger partial charge >= 0.3 is 12.1 Å². The average Bonchev–Trinajstić information content (AvgIpc) is 3.46. The Hall–Kier alpha value is -3.78. The fourth-order valence-corrected chi connectivity index (χ4v) is 5.07. The van der Waals surface area contributed by atoms with E-state index in [4.69, 9.17) is 0 Å².